The molecule has 2 rings (SSSR count). The first-order valence-corrected chi connectivity index (χ1v) is 6.42. The Morgan fingerprint density at radius 1 is 1.39 bits per heavy atom. The number of nitrogens with zero attached hydrogens (tertiary/aromatic N) is 1. The molecule has 92 valence electrons. The Morgan fingerprint density at radius 2 is 2.17 bits per heavy atom. The molecule has 0 fully saturated rings. The van der Waals surface area contributed by atoms with Crippen LogP contribution in [0.25, 0.3) is 0 Å². The fourth-order valence-electron chi connectivity index (χ4n) is 1.50. The van der Waals surface area contributed by atoms with Crippen LogP contribution in [0, 0.1) is 6.92 Å². The summed E-state index contributed by atoms with van der Waals surface area (Å²) in [5, 5.41) is 3.16. The van der Waals surface area contributed by atoms with E-state index in [1.807, 2.05) is 13.0 Å². The lowest BCUT2D eigenvalue weighted by Crippen LogP contribution is -2.12. The molecule has 0 unspecified atom stereocenters. The highest BCUT2D eigenvalue weighted by molar-refractivity contribution is 9.10. The summed E-state index contributed by atoms with van der Waals surface area (Å²) in [4.78, 5) is 16.1. The highest BCUT2D eigenvalue weighted by Crippen LogP contribution is 2.26. The fraction of sp³-hybridized carbons (Fsp3) is 0.0769. The summed E-state index contributed by atoms with van der Waals surface area (Å²) in [5.41, 5.74) is 2.05. The number of halogens is 2. The lowest BCUT2D eigenvalue weighted by atomic mass is 10.2. The van der Waals surface area contributed by atoms with Gasteiger partial charge in [0.25, 0.3) is 5.91 Å². The summed E-state index contributed by atoms with van der Waals surface area (Å²) >= 11 is 9.35. The van der Waals surface area contributed by atoms with Gasteiger partial charge in [0, 0.05) is 10.7 Å². The van der Waals surface area contributed by atoms with E-state index in [-0.39, 0.29) is 5.91 Å². The molecule has 0 saturated heterocycles. The van der Waals surface area contributed by atoms with Crippen LogP contribution in [0.4, 0.5) is 5.69 Å². The van der Waals surface area contributed by atoms with E-state index in [4.69, 9.17) is 11.6 Å². The molecular formula is C13H10BrClN2O. The zero-order valence-corrected chi connectivity index (χ0v) is 11.9. The number of nitrogens with one attached hydrogen (secondary N) is 1. The largest absolute Gasteiger partial charge is 0.321 e. The minimum atomic E-state index is -0.256. The number of rotatable bonds is 2. The van der Waals surface area contributed by atoms with Crippen molar-refractivity contribution in [2.24, 2.45) is 0 Å². The Morgan fingerprint density at radius 3 is 2.89 bits per heavy atom. The second-order valence-corrected chi connectivity index (χ2v) is 5.04. The number of carbonyl (C=O) groups excluding carboxylic acids is 1. The van der Waals surface area contributed by atoms with Gasteiger partial charge in [-0.05, 0) is 46.6 Å². The number of pyridine rings is 1. The lowest BCUT2D eigenvalue weighted by Gasteiger charge is -2.07. The van der Waals surface area contributed by atoms with Crippen LogP contribution < -0.4 is 5.32 Å². The van der Waals surface area contributed by atoms with Crippen molar-refractivity contribution in [2.75, 3.05) is 5.32 Å². The van der Waals surface area contributed by atoms with E-state index >= 15 is 0 Å². The number of carbonyl (C=O) groups is 1. The summed E-state index contributed by atoms with van der Waals surface area (Å²) in [7, 11) is 0. The average molecular weight is 326 g/mol. The Bertz CT molecular complexity index is 601. The van der Waals surface area contributed by atoms with E-state index in [9.17, 15) is 4.79 Å². The van der Waals surface area contributed by atoms with Crippen LogP contribution in [0.5, 0.6) is 0 Å². The zero-order valence-electron chi connectivity index (χ0n) is 9.58. The molecule has 1 heterocycles. The van der Waals surface area contributed by atoms with Gasteiger partial charge in [0.1, 0.15) is 0 Å². The standard InChI is InChI=1S/C13H10BrClN2O/c1-8-5-9(7-16-6-8)17-13(18)10-3-2-4-11(14)12(10)15/h2-7H,1H3,(H,17,18). The lowest BCUT2D eigenvalue weighted by molar-refractivity contribution is 0.102. The number of anilines is 1. The number of aryl methyl sites for hydroxylation is 1. The predicted molar refractivity (Wildman–Crippen MR) is 76.1 cm³/mol. The topological polar surface area (TPSA) is 42.0 Å². The van der Waals surface area contributed by atoms with Gasteiger partial charge in [-0.25, -0.2) is 0 Å². The molecule has 0 bridgehead atoms. The Labute approximate surface area is 118 Å². The van der Waals surface area contributed by atoms with Gasteiger partial charge in [-0.15, -0.1) is 0 Å². The maximum atomic E-state index is 12.1. The molecule has 1 amide bonds. The first kappa shape index (κ1) is 13.1. The number of amides is 1. The molecule has 1 aromatic heterocycles. The fourth-order valence-corrected chi connectivity index (χ4v) is 2.08. The molecule has 2 aromatic rings. The van der Waals surface area contributed by atoms with Gasteiger partial charge in [0.2, 0.25) is 0 Å². The third kappa shape index (κ3) is 2.89. The van der Waals surface area contributed by atoms with Gasteiger partial charge in [-0.1, -0.05) is 17.7 Å². The van der Waals surface area contributed by atoms with E-state index < -0.39 is 0 Å². The Balaban J connectivity index is 2.25. The van der Waals surface area contributed by atoms with Gasteiger partial charge in [0.15, 0.2) is 0 Å². The van der Waals surface area contributed by atoms with Crippen LogP contribution in [0.15, 0.2) is 41.1 Å². The number of aromatic nitrogens is 1. The third-order valence-corrected chi connectivity index (χ3v) is 3.63. The number of hydrogen-bond donors (Lipinski definition) is 1. The van der Waals surface area contributed by atoms with Gasteiger partial charge in [-0.2, -0.15) is 0 Å². The van der Waals surface area contributed by atoms with Crippen molar-refractivity contribution in [2.45, 2.75) is 6.92 Å². The molecule has 1 aromatic carbocycles. The van der Waals surface area contributed by atoms with Gasteiger partial charge in [0.05, 0.1) is 22.5 Å². The van der Waals surface area contributed by atoms with Crippen LogP contribution in [-0.2, 0) is 0 Å². The Hall–Kier alpha value is -1.39. The molecule has 0 aliphatic heterocycles. The second kappa shape index (κ2) is 5.50. The van der Waals surface area contributed by atoms with Gasteiger partial charge < -0.3 is 5.32 Å². The molecule has 0 spiro atoms. The Kier molecular flexibility index (Phi) is 3.99. The van der Waals surface area contributed by atoms with Crippen LogP contribution in [0.3, 0.4) is 0 Å². The molecule has 1 N–H and O–H groups in total. The van der Waals surface area contributed by atoms with Crippen molar-refractivity contribution in [3.8, 4) is 0 Å². The minimum Gasteiger partial charge on any atom is -0.321 e. The van der Waals surface area contributed by atoms with E-state index in [0.29, 0.717) is 20.7 Å². The summed E-state index contributed by atoms with van der Waals surface area (Å²) in [6.07, 6.45) is 3.32. The highest BCUT2D eigenvalue weighted by Gasteiger charge is 2.12. The second-order valence-electron chi connectivity index (χ2n) is 3.81. The molecule has 0 radical (unpaired) electrons. The van der Waals surface area contributed by atoms with Crippen LogP contribution in [0.1, 0.15) is 15.9 Å². The van der Waals surface area contributed by atoms with Crippen LogP contribution in [0.2, 0.25) is 5.02 Å². The molecule has 0 atom stereocenters. The summed E-state index contributed by atoms with van der Waals surface area (Å²) < 4.78 is 0.694. The van der Waals surface area contributed by atoms with Crippen molar-refractivity contribution in [3.05, 3.63) is 57.3 Å². The average Bonchev–Trinajstić information content (AvgIpc) is 2.32. The monoisotopic (exact) mass is 324 g/mol. The van der Waals surface area contributed by atoms with Crippen LogP contribution >= 0.6 is 27.5 Å². The predicted octanol–water partition coefficient (Wildman–Crippen LogP) is 4.06. The maximum absolute atomic E-state index is 12.1. The minimum absolute atomic E-state index is 0.256. The summed E-state index contributed by atoms with van der Waals surface area (Å²) in [5.74, 6) is -0.256. The molecule has 0 aliphatic rings. The number of benzene rings is 1. The molecular weight excluding hydrogens is 316 g/mol. The van der Waals surface area contributed by atoms with Gasteiger partial charge >= 0.3 is 0 Å². The van der Waals surface area contributed by atoms with Gasteiger partial charge in [-0.3, -0.25) is 9.78 Å². The highest BCUT2D eigenvalue weighted by atomic mass is 79.9. The molecule has 0 saturated carbocycles. The third-order valence-electron chi connectivity index (χ3n) is 2.33. The van der Waals surface area contributed by atoms with Crippen molar-refractivity contribution >= 4 is 39.1 Å². The normalized spacial score (nSPS) is 10.2. The van der Waals surface area contributed by atoms with Crippen molar-refractivity contribution in [3.63, 3.8) is 0 Å². The SMILES string of the molecule is Cc1cncc(NC(=O)c2cccc(Br)c2Cl)c1. The molecule has 3 nitrogen and oxygen atoms in total. The van der Waals surface area contributed by atoms with Crippen molar-refractivity contribution < 1.29 is 4.79 Å². The summed E-state index contributed by atoms with van der Waals surface area (Å²) in [6, 6.07) is 7.06. The quantitative estimate of drug-likeness (QED) is 0.905. The first-order valence-electron chi connectivity index (χ1n) is 5.25. The maximum Gasteiger partial charge on any atom is 0.257 e. The summed E-state index contributed by atoms with van der Waals surface area (Å²) in [6.45, 7) is 1.91. The first-order chi connectivity index (χ1) is 8.58. The number of hydrogen-bond acceptors (Lipinski definition) is 2. The van der Waals surface area contributed by atoms with Crippen molar-refractivity contribution in [1.82, 2.24) is 4.98 Å². The van der Waals surface area contributed by atoms with Crippen LogP contribution in [-0.4, -0.2) is 10.9 Å². The zero-order chi connectivity index (χ0) is 13.1. The van der Waals surface area contributed by atoms with E-state index in [2.05, 4.69) is 26.2 Å². The molecule has 5 heteroatoms. The molecule has 0 aliphatic carbocycles. The van der Waals surface area contributed by atoms with Crippen molar-refractivity contribution in [1.29, 1.82) is 0 Å². The molecule has 18 heavy (non-hydrogen) atoms. The van der Waals surface area contributed by atoms with E-state index in [1.165, 1.54) is 0 Å². The van der Waals surface area contributed by atoms with E-state index in [0.717, 1.165) is 5.56 Å². The van der Waals surface area contributed by atoms with E-state index in [1.54, 1.807) is 30.6 Å². The smallest absolute Gasteiger partial charge is 0.257 e.